The summed E-state index contributed by atoms with van der Waals surface area (Å²) in [5.41, 5.74) is 1.88. The lowest BCUT2D eigenvalue weighted by molar-refractivity contribution is 0.446. The van der Waals surface area contributed by atoms with E-state index in [-0.39, 0.29) is 0 Å². The van der Waals surface area contributed by atoms with E-state index in [0.29, 0.717) is 11.5 Å². The number of phenolic OH excluding ortho intramolecular Hbond substituents is 2. The SMILES string of the molecule is CCCCc1c(O)ccc(O)c1CCCC. The van der Waals surface area contributed by atoms with E-state index in [1.165, 1.54) is 0 Å². The first-order valence-corrected chi connectivity index (χ1v) is 6.23. The number of hydrogen-bond acceptors (Lipinski definition) is 2. The van der Waals surface area contributed by atoms with Gasteiger partial charge in [0.1, 0.15) is 11.5 Å². The second-order valence-electron chi connectivity index (χ2n) is 4.27. The largest absolute Gasteiger partial charge is 0.508 e. The Bertz CT molecular complexity index is 299. The molecule has 0 aromatic heterocycles. The number of hydrogen-bond donors (Lipinski definition) is 2. The van der Waals surface area contributed by atoms with Gasteiger partial charge in [-0.05, 0) is 37.8 Å². The van der Waals surface area contributed by atoms with Crippen molar-refractivity contribution in [2.24, 2.45) is 0 Å². The monoisotopic (exact) mass is 222 g/mol. The van der Waals surface area contributed by atoms with Gasteiger partial charge in [-0.3, -0.25) is 0 Å². The Morgan fingerprint density at radius 1 is 0.812 bits per heavy atom. The van der Waals surface area contributed by atoms with Gasteiger partial charge >= 0.3 is 0 Å². The molecule has 0 radical (unpaired) electrons. The number of benzene rings is 1. The summed E-state index contributed by atoms with van der Waals surface area (Å²) < 4.78 is 0. The van der Waals surface area contributed by atoms with Crippen molar-refractivity contribution in [1.82, 2.24) is 0 Å². The molecular weight excluding hydrogens is 200 g/mol. The van der Waals surface area contributed by atoms with Crippen molar-refractivity contribution < 1.29 is 10.2 Å². The minimum atomic E-state index is 0.331. The van der Waals surface area contributed by atoms with Gasteiger partial charge < -0.3 is 10.2 Å². The maximum absolute atomic E-state index is 9.83. The van der Waals surface area contributed by atoms with Gasteiger partial charge in [0.05, 0.1) is 0 Å². The lowest BCUT2D eigenvalue weighted by atomic mass is 9.96. The van der Waals surface area contributed by atoms with Gasteiger partial charge in [-0.2, -0.15) is 0 Å². The van der Waals surface area contributed by atoms with Crippen molar-refractivity contribution in [2.75, 3.05) is 0 Å². The third-order valence-corrected chi connectivity index (χ3v) is 2.94. The smallest absolute Gasteiger partial charge is 0.119 e. The molecule has 0 aliphatic rings. The molecule has 1 aromatic rings. The normalized spacial score (nSPS) is 10.6. The zero-order valence-electron chi connectivity index (χ0n) is 10.3. The molecule has 16 heavy (non-hydrogen) atoms. The molecule has 1 rings (SSSR count). The van der Waals surface area contributed by atoms with Crippen LogP contribution in [0, 0.1) is 0 Å². The maximum Gasteiger partial charge on any atom is 0.119 e. The minimum Gasteiger partial charge on any atom is -0.508 e. The molecule has 0 unspecified atom stereocenters. The molecule has 0 spiro atoms. The van der Waals surface area contributed by atoms with E-state index in [1.54, 1.807) is 12.1 Å². The van der Waals surface area contributed by atoms with Crippen LogP contribution in [0.1, 0.15) is 50.7 Å². The van der Waals surface area contributed by atoms with E-state index >= 15 is 0 Å². The van der Waals surface area contributed by atoms with Crippen molar-refractivity contribution in [3.8, 4) is 11.5 Å². The van der Waals surface area contributed by atoms with Crippen molar-refractivity contribution in [3.63, 3.8) is 0 Å². The van der Waals surface area contributed by atoms with E-state index < -0.39 is 0 Å². The van der Waals surface area contributed by atoms with E-state index in [4.69, 9.17) is 0 Å². The molecule has 0 saturated carbocycles. The molecule has 90 valence electrons. The Kier molecular flexibility index (Phi) is 5.17. The zero-order valence-corrected chi connectivity index (χ0v) is 10.3. The van der Waals surface area contributed by atoms with Crippen molar-refractivity contribution in [3.05, 3.63) is 23.3 Å². The van der Waals surface area contributed by atoms with Gasteiger partial charge in [-0.25, -0.2) is 0 Å². The van der Waals surface area contributed by atoms with Gasteiger partial charge in [0.15, 0.2) is 0 Å². The minimum absolute atomic E-state index is 0.331. The molecule has 2 nitrogen and oxygen atoms in total. The Morgan fingerprint density at radius 2 is 1.19 bits per heavy atom. The molecule has 2 N–H and O–H groups in total. The van der Waals surface area contributed by atoms with Gasteiger partial charge in [0, 0.05) is 11.1 Å². The first-order chi connectivity index (χ1) is 7.70. The fourth-order valence-corrected chi connectivity index (χ4v) is 1.93. The number of rotatable bonds is 6. The highest BCUT2D eigenvalue weighted by Gasteiger charge is 2.11. The van der Waals surface area contributed by atoms with Crippen LogP contribution in [0.4, 0.5) is 0 Å². The lowest BCUT2D eigenvalue weighted by Gasteiger charge is -2.12. The van der Waals surface area contributed by atoms with Gasteiger partial charge in [0.25, 0.3) is 0 Å². The predicted molar refractivity (Wildman–Crippen MR) is 67.0 cm³/mol. The van der Waals surface area contributed by atoms with Crippen molar-refractivity contribution in [1.29, 1.82) is 0 Å². The zero-order chi connectivity index (χ0) is 12.0. The summed E-state index contributed by atoms with van der Waals surface area (Å²) in [5, 5.41) is 19.7. The fraction of sp³-hybridized carbons (Fsp3) is 0.571. The van der Waals surface area contributed by atoms with Crippen LogP contribution in [0.2, 0.25) is 0 Å². The molecule has 0 fully saturated rings. The van der Waals surface area contributed by atoms with Crippen LogP contribution < -0.4 is 0 Å². The average Bonchev–Trinajstić information content (AvgIpc) is 2.29. The van der Waals surface area contributed by atoms with Crippen LogP contribution in [0.3, 0.4) is 0 Å². The summed E-state index contributed by atoms with van der Waals surface area (Å²) in [6, 6.07) is 3.19. The molecular formula is C14H22O2. The number of phenols is 2. The van der Waals surface area contributed by atoms with Crippen LogP contribution in [-0.2, 0) is 12.8 Å². The molecule has 2 heteroatoms. The Hall–Kier alpha value is -1.18. The van der Waals surface area contributed by atoms with Crippen LogP contribution in [0.25, 0.3) is 0 Å². The van der Waals surface area contributed by atoms with Gasteiger partial charge in [-0.15, -0.1) is 0 Å². The molecule has 0 aliphatic heterocycles. The highest BCUT2D eigenvalue weighted by Crippen LogP contribution is 2.31. The van der Waals surface area contributed by atoms with Crippen LogP contribution in [0.15, 0.2) is 12.1 Å². The van der Waals surface area contributed by atoms with Gasteiger partial charge in [-0.1, -0.05) is 26.7 Å². The quantitative estimate of drug-likeness (QED) is 0.719. The summed E-state index contributed by atoms with van der Waals surface area (Å²) in [7, 11) is 0. The Morgan fingerprint density at radius 3 is 1.50 bits per heavy atom. The van der Waals surface area contributed by atoms with Crippen molar-refractivity contribution >= 4 is 0 Å². The van der Waals surface area contributed by atoms with Crippen LogP contribution in [-0.4, -0.2) is 10.2 Å². The second kappa shape index (κ2) is 6.41. The molecule has 0 aliphatic carbocycles. The highest BCUT2D eigenvalue weighted by atomic mass is 16.3. The average molecular weight is 222 g/mol. The first kappa shape index (κ1) is 12.9. The maximum atomic E-state index is 9.83. The Balaban J connectivity index is 2.94. The van der Waals surface area contributed by atoms with Crippen molar-refractivity contribution in [2.45, 2.75) is 52.4 Å². The molecule has 0 saturated heterocycles. The van der Waals surface area contributed by atoms with E-state index in [9.17, 15) is 10.2 Å². The summed E-state index contributed by atoms with van der Waals surface area (Å²) in [6.07, 6.45) is 6.02. The summed E-state index contributed by atoms with van der Waals surface area (Å²) in [5.74, 6) is 0.662. The van der Waals surface area contributed by atoms with Crippen LogP contribution >= 0.6 is 0 Å². The molecule has 0 bridgehead atoms. The fourth-order valence-electron chi connectivity index (χ4n) is 1.93. The highest BCUT2D eigenvalue weighted by molar-refractivity contribution is 5.47. The topological polar surface area (TPSA) is 40.5 Å². The Labute approximate surface area is 97.9 Å². The van der Waals surface area contributed by atoms with E-state index in [1.807, 2.05) is 0 Å². The third kappa shape index (κ3) is 3.16. The van der Waals surface area contributed by atoms with E-state index in [2.05, 4.69) is 13.8 Å². The standard InChI is InChI=1S/C14H22O2/c1-3-5-7-11-12(8-6-4-2)14(16)10-9-13(11)15/h9-10,15-16H,3-8H2,1-2H3. The first-order valence-electron chi connectivity index (χ1n) is 6.23. The summed E-state index contributed by atoms with van der Waals surface area (Å²) >= 11 is 0. The van der Waals surface area contributed by atoms with Gasteiger partial charge in [0.2, 0.25) is 0 Å². The number of aromatic hydroxyl groups is 2. The second-order valence-corrected chi connectivity index (χ2v) is 4.27. The summed E-state index contributed by atoms with van der Waals surface area (Å²) in [6.45, 7) is 4.26. The van der Waals surface area contributed by atoms with Crippen LogP contribution in [0.5, 0.6) is 11.5 Å². The van der Waals surface area contributed by atoms with E-state index in [0.717, 1.165) is 49.7 Å². The predicted octanol–water partition coefficient (Wildman–Crippen LogP) is 3.78. The lowest BCUT2D eigenvalue weighted by Crippen LogP contribution is -1.96. The molecule has 0 heterocycles. The number of unbranched alkanes of at least 4 members (excludes halogenated alkanes) is 2. The summed E-state index contributed by atoms with van der Waals surface area (Å²) in [4.78, 5) is 0. The molecule has 0 amide bonds. The third-order valence-electron chi connectivity index (χ3n) is 2.94. The molecule has 1 aromatic carbocycles. The molecule has 0 atom stereocenters.